The second-order valence-electron chi connectivity index (χ2n) is 20.7. The zero-order chi connectivity index (χ0) is 39.4. The lowest BCUT2D eigenvalue weighted by Gasteiger charge is -2.70. The quantitative estimate of drug-likeness (QED) is 0.138. The minimum absolute atomic E-state index is 0.00262. The molecule has 0 bridgehead atoms. The van der Waals surface area contributed by atoms with Crippen LogP contribution in [0.1, 0.15) is 134 Å². The first-order chi connectivity index (χ1) is 23.6. The highest BCUT2D eigenvalue weighted by atomic mass is 16.5. The lowest BCUT2D eigenvalue weighted by molar-refractivity contribution is -0.225. The van der Waals surface area contributed by atoms with E-state index < -0.39 is 69.0 Å². The number of rotatable bonds is 9. The summed E-state index contributed by atoms with van der Waals surface area (Å²) in [5.74, 6) is -4.75. The molecule has 10 heteroatoms. The molecule has 0 aromatic heterocycles. The third-order valence-electron chi connectivity index (χ3n) is 16.4. The largest absolute Gasteiger partial charge is 0.481 e. The van der Waals surface area contributed by atoms with Crippen LogP contribution in [-0.4, -0.2) is 57.2 Å². The molecule has 0 aromatic rings. The topological polar surface area (TPSA) is 167 Å². The molecule has 0 spiro atoms. The number of aliphatic carboxylic acids is 3. The van der Waals surface area contributed by atoms with Crippen molar-refractivity contribution in [3.05, 3.63) is 12.2 Å². The highest BCUT2D eigenvalue weighted by Crippen LogP contribution is 2.79. The zero-order valence-corrected chi connectivity index (χ0v) is 33.5. The molecule has 10 nitrogen and oxygen atoms in total. The van der Waals surface area contributed by atoms with E-state index in [1.54, 1.807) is 0 Å². The number of esters is 1. The summed E-state index contributed by atoms with van der Waals surface area (Å²) >= 11 is 0. The fourth-order valence-corrected chi connectivity index (χ4v) is 13.5. The highest BCUT2D eigenvalue weighted by molar-refractivity contribution is 5.89. The van der Waals surface area contributed by atoms with E-state index in [0.717, 1.165) is 44.1 Å². The molecule has 12 atom stereocenters. The number of carboxylic acid groups (broad SMARTS) is 3. The van der Waals surface area contributed by atoms with Crippen molar-refractivity contribution in [1.29, 1.82) is 0 Å². The number of fused-ring (bicyclic) bond motifs is 7. The van der Waals surface area contributed by atoms with E-state index >= 15 is 0 Å². The van der Waals surface area contributed by atoms with E-state index in [9.17, 15) is 39.3 Å². The molecule has 1 amide bonds. The van der Waals surface area contributed by atoms with Crippen molar-refractivity contribution in [3.8, 4) is 0 Å². The van der Waals surface area contributed by atoms with Gasteiger partial charge in [0.25, 0.3) is 0 Å². The monoisotopic (exact) mass is 727 g/mol. The molecular formula is C42H65NO9. The van der Waals surface area contributed by atoms with Gasteiger partial charge in [0.15, 0.2) is 0 Å². The summed E-state index contributed by atoms with van der Waals surface area (Å²) in [5, 5.41) is 33.9. The van der Waals surface area contributed by atoms with Gasteiger partial charge >= 0.3 is 23.9 Å². The molecule has 0 aromatic carbocycles. The van der Waals surface area contributed by atoms with Crippen LogP contribution in [0, 0.1) is 73.4 Å². The van der Waals surface area contributed by atoms with E-state index in [0.29, 0.717) is 12.8 Å². The molecule has 4 N–H and O–H groups in total. The number of hydrogen-bond acceptors (Lipinski definition) is 6. The van der Waals surface area contributed by atoms with Crippen molar-refractivity contribution in [2.75, 3.05) is 0 Å². The van der Waals surface area contributed by atoms with Gasteiger partial charge in [-0.05, 0) is 123 Å². The maximum atomic E-state index is 14.6. The molecule has 0 radical (unpaired) electrons. The van der Waals surface area contributed by atoms with Crippen LogP contribution in [0.4, 0.5) is 0 Å². The average molecular weight is 728 g/mol. The van der Waals surface area contributed by atoms with E-state index in [-0.39, 0.29) is 52.7 Å². The number of allylic oxidation sites excluding steroid dienone is 1. The average Bonchev–Trinajstić information content (AvgIpc) is 3.47. The summed E-state index contributed by atoms with van der Waals surface area (Å²) in [5.41, 5.74) is -3.57. The van der Waals surface area contributed by atoms with Gasteiger partial charge in [0, 0.05) is 5.41 Å². The molecule has 0 aliphatic heterocycles. The summed E-state index contributed by atoms with van der Waals surface area (Å²) in [4.78, 5) is 65.6. The Kier molecular flexibility index (Phi) is 9.74. The fourth-order valence-electron chi connectivity index (χ4n) is 13.5. The molecular weight excluding hydrogens is 662 g/mol. The Bertz CT molecular complexity index is 1540. The Hall–Kier alpha value is -2.91. The van der Waals surface area contributed by atoms with Crippen molar-refractivity contribution in [1.82, 2.24) is 5.32 Å². The Morgan fingerprint density at radius 3 is 1.96 bits per heavy atom. The van der Waals surface area contributed by atoms with Crippen molar-refractivity contribution in [3.63, 3.8) is 0 Å². The van der Waals surface area contributed by atoms with E-state index in [1.807, 2.05) is 34.6 Å². The number of amides is 1. The van der Waals surface area contributed by atoms with Crippen molar-refractivity contribution < 1.29 is 44.0 Å². The maximum Gasteiger partial charge on any atom is 0.326 e. The first-order valence-electron chi connectivity index (χ1n) is 19.5. The summed E-state index contributed by atoms with van der Waals surface area (Å²) in [6.07, 6.45) is 4.88. The van der Waals surface area contributed by atoms with E-state index in [4.69, 9.17) is 4.74 Å². The third kappa shape index (κ3) is 5.65. The zero-order valence-electron chi connectivity index (χ0n) is 33.5. The van der Waals surface area contributed by atoms with Crippen LogP contribution in [0.3, 0.4) is 0 Å². The molecule has 5 aliphatic rings. The smallest absolute Gasteiger partial charge is 0.326 e. The highest BCUT2D eigenvalue weighted by Gasteiger charge is 2.76. The van der Waals surface area contributed by atoms with Gasteiger partial charge in [-0.1, -0.05) is 67.5 Å². The minimum Gasteiger partial charge on any atom is -0.481 e. The van der Waals surface area contributed by atoms with Gasteiger partial charge in [0.05, 0.1) is 17.3 Å². The summed E-state index contributed by atoms with van der Waals surface area (Å²) < 4.78 is 6.12. The van der Waals surface area contributed by atoms with Crippen LogP contribution in [0.2, 0.25) is 0 Å². The number of carboxylic acids is 3. The van der Waals surface area contributed by atoms with Gasteiger partial charge in [-0.25, -0.2) is 4.79 Å². The molecule has 0 saturated heterocycles. The van der Waals surface area contributed by atoms with Crippen LogP contribution in [-0.2, 0) is 28.7 Å². The van der Waals surface area contributed by atoms with Crippen molar-refractivity contribution in [2.45, 2.75) is 146 Å². The van der Waals surface area contributed by atoms with Crippen LogP contribution in [0.15, 0.2) is 12.2 Å². The number of ether oxygens (including phenoxy) is 1. The Balaban J connectivity index is 1.54. The van der Waals surface area contributed by atoms with Gasteiger partial charge in [0.2, 0.25) is 5.91 Å². The van der Waals surface area contributed by atoms with Crippen molar-refractivity contribution >= 4 is 29.8 Å². The van der Waals surface area contributed by atoms with Crippen LogP contribution in [0.5, 0.6) is 0 Å². The maximum absolute atomic E-state index is 14.6. The Morgan fingerprint density at radius 1 is 0.827 bits per heavy atom. The predicted octanol–water partition coefficient (Wildman–Crippen LogP) is 7.59. The molecule has 5 fully saturated rings. The van der Waals surface area contributed by atoms with Crippen LogP contribution < -0.4 is 5.32 Å². The molecule has 3 unspecified atom stereocenters. The molecule has 5 saturated carbocycles. The first-order valence-corrected chi connectivity index (χ1v) is 19.5. The molecule has 5 rings (SSSR count). The van der Waals surface area contributed by atoms with Gasteiger partial charge < -0.3 is 25.4 Å². The third-order valence-corrected chi connectivity index (χ3v) is 16.4. The van der Waals surface area contributed by atoms with Gasteiger partial charge in [-0.15, -0.1) is 0 Å². The number of carbonyl (C=O) groups is 5. The Labute approximate surface area is 310 Å². The lowest BCUT2D eigenvalue weighted by Crippen LogP contribution is -2.66. The number of carbonyl (C=O) groups excluding carboxylic acids is 2. The molecule has 292 valence electrons. The second-order valence-corrected chi connectivity index (χ2v) is 20.7. The summed E-state index contributed by atoms with van der Waals surface area (Å²) in [6.45, 7) is 25.8. The van der Waals surface area contributed by atoms with E-state index in [2.05, 4.69) is 39.6 Å². The van der Waals surface area contributed by atoms with Gasteiger partial charge in [-0.2, -0.15) is 0 Å². The van der Waals surface area contributed by atoms with Crippen molar-refractivity contribution in [2.24, 2.45) is 73.4 Å². The summed E-state index contributed by atoms with van der Waals surface area (Å²) in [6, 6.07) is -1.02. The van der Waals surface area contributed by atoms with Crippen LogP contribution >= 0.6 is 0 Å². The molecule has 5 aliphatic carbocycles. The lowest BCUT2D eigenvalue weighted by atomic mass is 9.33. The molecule has 52 heavy (non-hydrogen) atoms. The predicted molar refractivity (Wildman–Crippen MR) is 196 cm³/mol. The first kappa shape index (κ1) is 40.3. The Morgan fingerprint density at radius 2 is 1.44 bits per heavy atom. The second kappa shape index (κ2) is 12.6. The standard InChI is InChI=1S/C42H65NO9/c1-22(2)23-15-18-42(34(49)43-30(33(47)48)36(3,4)5)20-19-39(10)24(28(23)42)13-14-26-40(39,11)17-16-25-38(8,9)31(29(32(45)46)41(25,26)12)52-27(44)21-37(6,7)35(50)51/h23-26,28-31H,1,13-21H2,2-12H3,(H,43,49)(H,45,46)(H,47,48)(H,50,51)/t23-,24?,25-,26-,28?,29+,30?,31-,39+,40+,41-,42-/m0/s1. The molecule has 0 heterocycles. The summed E-state index contributed by atoms with van der Waals surface area (Å²) in [7, 11) is 0. The van der Waals surface area contributed by atoms with Gasteiger partial charge in [0.1, 0.15) is 18.1 Å². The minimum atomic E-state index is -1.35. The fraction of sp³-hybridized carbons (Fsp3) is 0.833. The number of nitrogens with one attached hydrogen (secondary N) is 1. The van der Waals surface area contributed by atoms with Crippen LogP contribution in [0.25, 0.3) is 0 Å². The van der Waals surface area contributed by atoms with E-state index in [1.165, 1.54) is 13.8 Å². The normalized spacial score (nSPS) is 41.3. The SMILES string of the molecule is C=C(C)[C@@H]1CC[C@]2(C(=O)NC(C(=O)O)C(C)(C)C)CC[C@]3(C)C(CC[C@@H]4[C@@]5(C)[C@@H](C(=O)O)[C@H](OC(=O)CC(C)(C)C(=O)O)C(C)(C)[C@@H]5CC[C@]43C)C12. The number of hydrogen-bond donors (Lipinski definition) is 4. The van der Waals surface area contributed by atoms with Gasteiger partial charge in [-0.3, -0.25) is 19.2 Å².